The lowest BCUT2D eigenvalue weighted by molar-refractivity contribution is -0.150. The van der Waals surface area contributed by atoms with Gasteiger partial charge in [-0.15, -0.1) is 0 Å². The number of hydrogen-bond donors (Lipinski definition) is 1. The standard InChI is InChI=1S/C16H31FO6/c1-6-7-20-11(2)8-21-12(3)9-22-13(4)10-23-14(5)15(17)16(18)19/h11-15H,6-10H2,1-5H3,(H,18,19). The van der Waals surface area contributed by atoms with Gasteiger partial charge in [-0.1, -0.05) is 6.92 Å². The number of carbonyl (C=O) groups is 1. The fraction of sp³-hybridized carbons (Fsp3) is 0.938. The van der Waals surface area contributed by atoms with E-state index in [4.69, 9.17) is 24.1 Å². The van der Waals surface area contributed by atoms with E-state index in [9.17, 15) is 9.18 Å². The van der Waals surface area contributed by atoms with Gasteiger partial charge in [0, 0.05) is 6.61 Å². The maximum Gasteiger partial charge on any atom is 0.341 e. The summed E-state index contributed by atoms with van der Waals surface area (Å²) >= 11 is 0. The van der Waals surface area contributed by atoms with Gasteiger partial charge in [-0.3, -0.25) is 0 Å². The summed E-state index contributed by atoms with van der Waals surface area (Å²) in [5, 5.41) is 8.54. The molecule has 0 aromatic heterocycles. The molecular formula is C16H31FO6. The van der Waals surface area contributed by atoms with Crippen LogP contribution in [0, 0.1) is 0 Å². The Hall–Kier alpha value is -0.760. The minimum atomic E-state index is -2.03. The smallest absolute Gasteiger partial charge is 0.341 e. The first kappa shape index (κ1) is 22.2. The highest BCUT2D eigenvalue weighted by Gasteiger charge is 2.25. The molecule has 0 saturated carbocycles. The number of ether oxygens (including phenoxy) is 4. The molecule has 1 N–H and O–H groups in total. The molecule has 0 aliphatic carbocycles. The first-order valence-corrected chi connectivity index (χ1v) is 8.11. The van der Waals surface area contributed by atoms with Crippen molar-refractivity contribution in [1.82, 2.24) is 0 Å². The van der Waals surface area contributed by atoms with Crippen LogP contribution in [0.5, 0.6) is 0 Å². The third kappa shape index (κ3) is 11.4. The summed E-state index contributed by atoms with van der Waals surface area (Å²) in [6.07, 6.45) is -2.41. The van der Waals surface area contributed by atoms with Gasteiger partial charge >= 0.3 is 5.97 Å². The highest BCUT2D eigenvalue weighted by atomic mass is 19.1. The van der Waals surface area contributed by atoms with Crippen LogP contribution in [-0.4, -0.2) is 68.1 Å². The highest BCUT2D eigenvalue weighted by Crippen LogP contribution is 2.06. The number of alkyl halides is 1. The van der Waals surface area contributed by atoms with Gasteiger partial charge in [0.2, 0.25) is 6.17 Å². The van der Waals surface area contributed by atoms with Gasteiger partial charge in [-0.2, -0.15) is 0 Å². The lowest BCUT2D eigenvalue weighted by Gasteiger charge is -2.21. The highest BCUT2D eigenvalue weighted by molar-refractivity contribution is 5.72. The number of halogens is 1. The van der Waals surface area contributed by atoms with Crippen molar-refractivity contribution in [2.75, 3.05) is 26.4 Å². The van der Waals surface area contributed by atoms with Crippen LogP contribution < -0.4 is 0 Å². The predicted octanol–water partition coefficient (Wildman–Crippen LogP) is 2.44. The van der Waals surface area contributed by atoms with E-state index in [0.29, 0.717) is 19.8 Å². The van der Waals surface area contributed by atoms with Gasteiger partial charge in [-0.05, 0) is 34.1 Å². The molecule has 23 heavy (non-hydrogen) atoms. The van der Waals surface area contributed by atoms with Crippen molar-refractivity contribution in [1.29, 1.82) is 0 Å². The quantitative estimate of drug-likeness (QED) is 0.524. The normalized spacial score (nSPS) is 18.2. The topological polar surface area (TPSA) is 74.2 Å². The van der Waals surface area contributed by atoms with Crippen LogP contribution in [0.25, 0.3) is 0 Å². The zero-order chi connectivity index (χ0) is 17.8. The molecule has 0 aromatic carbocycles. The molecule has 0 aromatic rings. The molecule has 0 radical (unpaired) electrons. The number of carboxylic acid groups (broad SMARTS) is 1. The van der Waals surface area contributed by atoms with Crippen molar-refractivity contribution >= 4 is 5.97 Å². The van der Waals surface area contributed by atoms with Crippen LogP contribution in [0.2, 0.25) is 0 Å². The molecule has 0 aliphatic rings. The first-order valence-electron chi connectivity index (χ1n) is 8.11. The minimum absolute atomic E-state index is 0.0384. The van der Waals surface area contributed by atoms with Crippen LogP contribution in [-0.2, 0) is 23.7 Å². The number of aliphatic carboxylic acids is 1. The molecule has 0 bridgehead atoms. The Morgan fingerprint density at radius 2 is 1.35 bits per heavy atom. The van der Waals surface area contributed by atoms with Crippen LogP contribution in [0.4, 0.5) is 4.39 Å². The summed E-state index contributed by atoms with van der Waals surface area (Å²) in [5.74, 6) is -1.52. The Labute approximate surface area is 138 Å². The van der Waals surface area contributed by atoms with E-state index < -0.39 is 18.2 Å². The maximum atomic E-state index is 13.2. The Morgan fingerprint density at radius 3 is 1.78 bits per heavy atom. The number of rotatable bonds is 14. The summed E-state index contributed by atoms with van der Waals surface area (Å²) < 4.78 is 35.0. The van der Waals surface area contributed by atoms with Gasteiger partial charge in [0.25, 0.3) is 0 Å². The van der Waals surface area contributed by atoms with Crippen LogP contribution in [0.3, 0.4) is 0 Å². The SMILES string of the molecule is CCCOC(C)COC(C)COC(C)COC(C)C(F)C(=O)O. The number of hydrogen-bond acceptors (Lipinski definition) is 5. The monoisotopic (exact) mass is 338 g/mol. The maximum absolute atomic E-state index is 13.2. The molecule has 0 saturated heterocycles. The minimum Gasteiger partial charge on any atom is -0.479 e. The molecule has 5 unspecified atom stereocenters. The molecule has 0 aliphatic heterocycles. The van der Waals surface area contributed by atoms with Crippen molar-refractivity contribution in [2.24, 2.45) is 0 Å². The lowest BCUT2D eigenvalue weighted by atomic mass is 10.2. The molecular weight excluding hydrogens is 307 g/mol. The number of carboxylic acids is 1. The van der Waals surface area contributed by atoms with Crippen molar-refractivity contribution in [3.63, 3.8) is 0 Å². The third-order valence-electron chi connectivity index (χ3n) is 3.08. The van der Waals surface area contributed by atoms with Crippen LogP contribution in [0.15, 0.2) is 0 Å². The lowest BCUT2D eigenvalue weighted by Crippen LogP contribution is -2.33. The van der Waals surface area contributed by atoms with Crippen LogP contribution >= 0.6 is 0 Å². The second kappa shape index (κ2) is 12.6. The molecule has 138 valence electrons. The zero-order valence-electron chi connectivity index (χ0n) is 14.8. The molecule has 0 fully saturated rings. The van der Waals surface area contributed by atoms with Crippen LogP contribution in [0.1, 0.15) is 41.0 Å². The van der Waals surface area contributed by atoms with E-state index in [1.165, 1.54) is 6.92 Å². The molecule has 0 amide bonds. The fourth-order valence-corrected chi connectivity index (χ4v) is 1.64. The van der Waals surface area contributed by atoms with Crippen molar-refractivity contribution < 1.29 is 33.2 Å². The van der Waals surface area contributed by atoms with Gasteiger partial charge in [0.1, 0.15) is 0 Å². The van der Waals surface area contributed by atoms with Gasteiger partial charge in [-0.25, -0.2) is 9.18 Å². The van der Waals surface area contributed by atoms with Gasteiger partial charge in [0.05, 0.1) is 44.2 Å². The Kier molecular flexibility index (Phi) is 12.2. The second-order valence-electron chi connectivity index (χ2n) is 5.75. The Balaban J connectivity index is 3.79. The average Bonchev–Trinajstić information content (AvgIpc) is 2.52. The third-order valence-corrected chi connectivity index (χ3v) is 3.08. The summed E-state index contributed by atoms with van der Waals surface area (Å²) in [6.45, 7) is 10.8. The van der Waals surface area contributed by atoms with Gasteiger partial charge < -0.3 is 24.1 Å². The van der Waals surface area contributed by atoms with Crippen molar-refractivity contribution in [3.8, 4) is 0 Å². The molecule has 6 nitrogen and oxygen atoms in total. The van der Waals surface area contributed by atoms with E-state index in [1.807, 2.05) is 13.8 Å². The zero-order valence-corrected chi connectivity index (χ0v) is 14.8. The van der Waals surface area contributed by atoms with Crippen molar-refractivity contribution in [3.05, 3.63) is 0 Å². The summed E-state index contributed by atoms with van der Waals surface area (Å²) in [6, 6.07) is 0. The average molecular weight is 338 g/mol. The molecule has 5 atom stereocenters. The Morgan fingerprint density at radius 1 is 0.913 bits per heavy atom. The van der Waals surface area contributed by atoms with E-state index in [2.05, 4.69) is 6.92 Å². The molecule has 0 heterocycles. The predicted molar refractivity (Wildman–Crippen MR) is 84.5 cm³/mol. The summed E-state index contributed by atoms with van der Waals surface area (Å²) in [4.78, 5) is 10.5. The molecule has 7 heteroatoms. The fourth-order valence-electron chi connectivity index (χ4n) is 1.64. The second-order valence-corrected chi connectivity index (χ2v) is 5.75. The van der Waals surface area contributed by atoms with E-state index in [0.717, 1.165) is 6.42 Å². The van der Waals surface area contributed by atoms with E-state index in [-0.39, 0.29) is 24.9 Å². The summed E-state index contributed by atoms with van der Waals surface area (Å²) in [7, 11) is 0. The Bertz CT molecular complexity index is 315. The first-order chi connectivity index (χ1) is 10.8. The van der Waals surface area contributed by atoms with E-state index in [1.54, 1.807) is 6.92 Å². The molecule has 0 rings (SSSR count). The van der Waals surface area contributed by atoms with Crippen molar-refractivity contribution in [2.45, 2.75) is 71.6 Å². The largest absolute Gasteiger partial charge is 0.479 e. The van der Waals surface area contributed by atoms with Gasteiger partial charge in [0.15, 0.2) is 0 Å². The van der Waals surface area contributed by atoms with E-state index >= 15 is 0 Å². The summed E-state index contributed by atoms with van der Waals surface area (Å²) in [5.41, 5.74) is 0. The molecule has 0 spiro atoms.